The van der Waals surface area contributed by atoms with Gasteiger partial charge in [-0.1, -0.05) is 25.8 Å². The van der Waals surface area contributed by atoms with E-state index in [2.05, 4.69) is 5.32 Å². The van der Waals surface area contributed by atoms with Crippen LogP contribution in [0.2, 0.25) is 0 Å². The van der Waals surface area contributed by atoms with E-state index in [1.165, 1.54) is 25.0 Å². The average molecular weight is 330 g/mol. The van der Waals surface area contributed by atoms with E-state index in [9.17, 15) is 13.2 Å². The normalized spacial score (nSPS) is 15.0. The molecule has 0 aliphatic heterocycles. The predicted molar refractivity (Wildman–Crippen MR) is 83.2 cm³/mol. The lowest BCUT2D eigenvalue weighted by Crippen LogP contribution is -2.25. The first-order valence-electron chi connectivity index (χ1n) is 7.27. The van der Waals surface area contributed by atoms with Crippen molar-refractivity contribution in [1.82, 2.24) is 5.32 Å². The van der Waals surface area contributed by atoms with Crippen LogP contribution in [0.1, 0.15) is 48.5 Å². The number of benzene rings is 1. The fourth-order valence-corrected chi connectivity index (χ4v) is 3.10. The monoisotopic (exact) mass is 329 g/mol. The quantitative estimate of drug-likeness (QED) is 0.617. The van der Waals surface area contributed by atoms with Crippen LogP contribution in [0.15, 0.2) is 23.1 Å². The Labute approximate surface area is 130 Å². The molecule has 6 heteroatoms. The van der Waals surface area contributed by atoms with Gasteiger partial charge >= 0.3 is 0 Å². The molecule has 116 valence electrons. The average Bonchev–Trinajstić information content (AvgIpc) is 3.25. The van der Waals surface area contributed by atoms with Crippen molar-refractivity contribution in [1.29, 1.82) is 0 Å². The zero-order valence-corrected chi connectivity index (χ0v) is 13.6. The molecule has 0 spiro atoms. The van der Waals surface area contributed by atoms with Crippen LogP contribution in [0.5, 0.6) is 0 Å². The molecule has 1 N–H and O–H groups in total. The van der Waals surface area contributed by atoms with E-state index in [-0.39, 0.29) is 10.8 Å². The minimum Gasteiger partial charge on any atom is -0.352 e. The number of hydrogen-bond acceptors (Lipinski definition) is 3. The number of nitrogens with one attached hydrogen (secondary N) is 1. The first-order valence-corrected chi connectivity index (χ1v) is 9.58. The smallest absolute Gasteiger partial charge is 0.261 e. The Kier molecular flexibility index (Phi) is 5.27. The Morgan fingerprint density at radius 1 is 1.38 bits per heavy atom. The Bertz CT molecular complexity index is 624. The molecule has 0 aromatic heterocycles. The van der Waals surface area contributed by atoms with Gasteiger partial charge in [0, 0.05) is 22.8 Å². The molecule has 1 amide bonds. The Hall–Kier alpha value is -1.07. The number of carbonyl (C=O) groups is 1. The van der Waals surface area contributed by atoms with E-state index in [0.29, 0.717) is 18.5 Å². The van der Waals surface area contributed by atoms with Gasteiger partial charge in [0.05, 0.1) is 4.90 Å². The predicted octanol–water partition coefficient (Wildman–Crippen LogP) is 3.10. The van der Waals surface area contributed by atoms with Crippen molar-refractivity contribution in [3.63, 3.8) is 0 Å². The Balaban J connectivity index is 2.05. The van der Waals surface area contributed by atoms with Gasteiger partial charge in [-0.25, -0.2) is 8.42 Å². The molecule has 1 saturated carbocycles. The first-order chi connectivity index (χ1) is 9.91. The number of aryl methyl sites for hydroxylation is 1. The van der Waals surface area contributed by atoms with Gasteiger partial charge in [-0.2, -0.15) is 0 Å². The molecule has 4 nitrogen and oxygen atoms in total. The zero-order chi connectivity index (χ0) is 15.5. The summed E-state index contributed by atoms with van der Waals surface area (Å²) < 4.78 is 22.8. The summed E-state index contributed by atoms with van der Waals surface area (Å²) in [5.41, 5.74) is 1.21. The molecule has 1 aliphatic rings. The Morgan fingerprint density at radius 3 is 2.67 bits per heavy atom. The Morgan fingerprint density at radius 2 is 2.10 bits per heavy atom. The SMILES string of the molecule is CCc1ccc(S(=O)(=O)Cl)cc1C(=O)NCCCC1CC1. The molecule has 1 aromatic carbocycles. The molecule has 1 aliphatic carbocycles. The molecule has 2 rings (SSSR count). The second kappa shape index (κ2) is 6.79. The van der Waals surface area contributed by atoms with Crippen molar-refractivity contribution in [3.05, 3.63) is 29.3 Å². The summed E-state index contributed by atoms with van der Waals surface area (Å²) in [5, 5.41) is 2.86. The van der Waals surface area contributed by atoms with Crippen molar-refractivity contribution in [2.24, 2.45) is 5.92 Å². The van der Waals surface area contributed by atoms with Crippen LogP contribution in [0, 0.1) is 5.92 Å². The van der Waals surface area contributed by atoms with Gasteiger partial charge in [-0.3, -0.25) is 4.79 Å². The lowest BCUT2D eigenvalue weighted by Gasteiger charge is -2.10. The number of rotatable bonds is 7. The standard InChI is InChI=1S/C15H20ClNO3S/c1-2-12-7-8-13(21(16,19)20)10-14(12)15(18)17-9-3-4-11-5-6-11/h7-8,10-11H,2-6,9H2,1H3,(H,17,18). The molecule has 1 aromatic rings. The molecule has 0 atom stereocenters. The van der Waals surface area contributed by atoms with Crippen LogP contribution in [-0.2, 0) is 15.5 Å². The maximum absolute atomic E-state index is 12.2. The highest BCUT2D eigenvalue weighted by Gasteiger charge is 2.20. The molecule has 0 unspecified atom stereocenters. The van der Waals surface area contributed by atoms with Gasteiger partial charge in [0.1, 0.15) is 0 Å². The number of amides is 1. The van der Waals surface area contributed by atoms with Gasteiger partial charge in [-0.15, -0.1) is 0 Å². The summed E-state index contributed by atoms with van der Waals surface area (Å²) in [5.74, 6) is 0.614. The molecular formula is C15H20ClNO3S. The number of carbonyl (C=O) groups excluding carboxylic acids is 1. The van der Waals surface area contributed by atoms with Crippen molar-refractivity contribution in [2.45, 2.75) is 43.9 Å². The third kappa shape index (κ3) is 4.71. The summed E-state index contributed by atoms with van der Waals surface area (Å²) >= 11 is 0. The molecular weight excluding hydrogens is 310 g/mol. The van der Waals surface area contributed by atoms with Crippen LogP contribution in [0.3, 0.4) is 0 Å². The topological polar surface area (TPSA) is 63.2 Å². The van der Waals surface area contributed by atoms with E-state index in [1.54, 1.807) is 6.07 Å². The largest absolute Gasteiger partial charge is 0.352 e. The van der Waals surface area contributed by atoms with E-state index in [1.807, 2.05) is 6.92 Å². The summed E-state index contributed by atoms with van der Waals surface area (Å²) in [6, 6.07) is 4.44. The maximum Gasteiger partial charge on any atom is 0.261 e. The van der Waals surface area contributed by atoms with Gasteiger partial charge in [0.2, 0.25) is 0 Å². The molecule has 0 heterocycles. The summed E-state index contributed by atoms with van der Waals surface area (Å²) in [6.45, 7) is 2.55. The van der Waals surface area contributed by atoms with Crippen molar-refractivity contribution in [2.75, 3.05) is 6.54 Å². The van der Waals surface area contributed by atoms with Crippen molar-refractivity contribution in [3.8, 4) is 0 Å². The highest BCUT2D eigenvalue weighted by Crippen LogP contribution is 2.33. The van der Waals surface area contributed by atoms with E-state index >= 15 is 0 Å². The van der Waals surface area contributed by atoms with Crippen LogP contribution in [0.4, 0.5) is 0 Å². The van der Waals surface area contributed by atoms with Gasteiger partial charge in [-0.05, 0) is 42.9 Å². The molecule has 0 radical (unpaired) electrons. The third-order valence-corrected chi connectivity index (χ3v) is 5.11. The molecule has 0 bridgehead atoms. The zero-order valence-electron chi connectivity index (χ0n) is 12.1. The van der Waals surface area contributed by atoms with E-state index in [0.717, 1.165) is 24.3 Å². The van der Waals surface area contributed by atoms with Crippen LogP contribution in [0.25, 0.3) is 0 Å². The lowest BCUT2D eigenvalue weighted by atomic mass is 10.0. The minimum atomic E-state index is -3.82. The second-order valence-corrected chi connectivity index (χ2v) is 8.02. The van der Waals surface area contributed by atoms with Gasteiger partial charge in [0.25, 0.3) is 15.0 Å². The summed E-state index contributed by atoms with van der Waals surface area (Å²) in [7, 11) is 1.52. The number of hydrogen-bond donors (Lipinski definition) is 1. The van der Waals surface area contributed by atoms with Crippen LogP contribution in [-0.4, -0.2) is 20.9 Å². The van der Waals surface area contributed by atoms with Crippen molar-refractivity contribution >= 4 is 25.6 Å². The molecule has 21 heavy (non-hydrogen) atoms. The fraction of sp³-hybridized carbons (Fsp3) is 0.533. The highest BCUT2D eigenvalue weighted by atomic mass is 35.7. The van der Waals surface area contributed by atoms with Gasteiger partial charge < -0.3 is 5.32 Å². The third-order valence-electron chi connectivity index (χ3n) is 3.76. The number of halogens is 1. The van der Waals surface area contributed by atoms with E-state index < -0.39 is 9.05 Å². The summed E-state index contributed by atoms with van der Waals surface area (Å²) in [6.07, 6.45) is 5.39. The fourth-order valence-electron chi connectivity index (χ4n) is 2.32. The van der Waals surface area contributed by atoms with Crippen LogP contribution < -0.4 is 5.32 Å². The lowest BCUT2D eigenvalue weighted by molar-refractivity contribution is 0.0951. The van der Waals surface area contributed by atoms with Gasteiger partial charge in [0.15, 0.2) is 0 Å². The second-order valence-electron chi connectivity index (χ2n) is 5.45. The maximum atomic E-state index is 12.2. The van der Waals surface area contributed by atoms with Crippen molar-refractivity contribution < 1.29 is 13.2 Å². The van der Waals surface area contributed by atoms with Crippen LogP contribution >= 0.6 is 10.7 Å². The minimum absolute atomic E-state index is 0.0375. The highest BCUT2D eigenvalue weighted by molar-refractivity contribution is 8.13. The summed E-state index contributed by atoms with van der Waals surface area (Å²) in [4.78, 5) is 12.2. The van der Waals surface area contributed by atoms with E-state index in [4.69, 9.17) is 10.7 Å². The molecule has 0 saturated heterocycles. The first kappa shape index (κ1) is 16.3. The molecule has 1 fully saturated rings.